The summed E-state index contributed by atoms with van der Waals surface area (Å²) in [4.78, 5) is 21.8. The Kier molecular flexibility index (Phi) is 4.86. The first-order valence-corrected chi connectivity index (χ1v) is 10.0. The molecule has 4 aliphatic heterocycles. The Hall–Kier alpha value is -2.66. The van der Waals surface area contributed by atoms with Crippen molar-refractivity contribution in [2.45, 2.75) is 38.0 Å². The summed E-state index contributed by atoms with van der Waals surface area (Å²) >= 11 is 0. The third-order valence-electron chi connectivity index (χ3n) is 5.71. The lowest BCUT2D eigenvalue weighted by Gasteiger charge is -2.47. The van der Waals surface area contributed by atoms with Crippen LogP contribution in [-0.4, -0.2) is 71.0 Å². The lowest BCUT2D eigenvalue weighted by Crippen LogP contribution is -2.57. The number of aromatic nitrogens is 4. The highest BCUT2D eigenvalue weighted by Gasteiger charge is 2.39. The van der Waals surface area contributed by atoms with E-state index in [4.69, 9.17) is 15.2 Å². The highest BCUT2D eigenvalue weighted by Crippen LogP contribution is 2.34. The Morgan fingerprint density at radius 2 is 1.90 bits per heavy atom. The van der Waals surface area contributed by atoms with Crippen LogP contribution >= 0.6 is 0 Å². The van der Waals surface area contributed by atoms with Crippen LogP contribution < -0.4 is 15.5 Å². The van der Waals surface area contributed by atoms with Crippen LogP contribution in [0.1, 0.15) is 25.3 Å². The van der Waals surface area contributed by atoms with Gasteiger partial charge in [-0.25, -0.2) is 13.8 Å². The number of rotatable bonds is 4. The van der Waals surface area contributed by atoms with E-state index in [2.05, 4.69) is 19.9 Å². The highest BCUT2D eigenvalue weighted by atomic mass is 19.3. The summed E-state index contributed by atoms with van der Waals surface area (Å²) in [5.74, 6) is 1.10. The zero-order valence-corrected chi connectivity index (χ0v) is 16.5. The first-order valence-electron chi connectivity index (χ1n) is 10.0. The summed E-state index contributed by atoms with van der Waals surface area (Å²) in [6.45, 7) is 5.05. The van der Waals surface area contributed by atoms with E-state index in [1.54, 1.807) is 0 Å². The van der Waals surface area contributed by atoms with Crippen molar-refractivity contribution >= 4 is 17.7 Å². The van der Waals surface area contributed by atoms with Gasteiger partial charge in [0.15, 0.2) is 5.82 Å². The molecule has 6 heterocycles. The summed E-state index contributed by atoms with van der Waals surface area (Å²) in [6, 6.07) is 1.23. The van der Waals surface area contributed by atoms with Gasteiger partial charge in [0.25, 0.3) is 6.43 Å². The first kappa shape index (κ1) is 19.3. The molecule has 4 aliphatic rings. The average Bonchev–Trinajstić information content (AvgIpc) is 2.73. The van der Waals surface area contributed by atoms with Gasteiger partial charge in [-0.3, -0.25) is 0 Å². The molecule has 9 nitrogen and oxygen atoms in total. The molecule has 3 atom stereocenters. The van der Waals surface area contributed by atoms with E-state index in [0.717, 1.165) is 6.42 Å². The maximum absolute atomic E-state index is 13.7. The number of piperidine rings is 1. The van der Waals surface area contributed by atoms with Crippen molar-refractivity contribution in [3.05, 3.63) is 17.8 Å². The maximum atomic E-state index is 13.7. The second-order valence-corrected chi connectivity index (χ2v) is 7.89. The Morgan fingerprint density at radius 1 is 1.17 bits per heavy atom. The second-order valence-electron chi connectivity index (χ2n) is 7.89. The van der Waals surface area contributed by atoms with Gasteiger partial charge in [0.1, 0.15) is 5.82 Å². The van der Waals surface area contributed by atoms with Crippen molar-refractivity contribution in [2.24, 2.45) is 0 Å². The van der Waals surface area contributed by atoms with E-state index < -0.39 is 6.43 Å². The molecular weight excluding hydrogens is 396 g/mol. The summed E-state index contributed by atoms with van der Waals surface area (Å²) in [5, 5.41) is 0. The van der Waals surface area contributed by atoms with Gasteiger partial charge in [-0.1, -0.05) is 0 Å². The zero-order chi connectivity index (χ0) is 20.8. The number of alkyl halides is 2. The minimum Gasteiger partial charge on any atom is -0.384 e. The normalized spacial score (nSPS) is 26.1. The highest BCUT2D eigenvalue weighted by molar-refractivity contribution is 5.64. The van der Waals surface area contributed by atoms with Gasteiger partial charge >= 0.3 is 0 Å². The van der Waals surface area contributed by atoms with E-state index in [9.17, 15) is 8.78 Å². The number of nitrogen functional groups attached to an aromatic ring is 1. The average molecular weight is 419 g/mol. The fourth-order valence-electron chi connectivity index (χ4n) is 4.14. The van der Waals surface area contributed by atoms with Crippen LogP contribution in [0.4, 0.5) is 26.5 Å². The SMILES string of the molecule is C[C@@H]1COCCN1c1nc(-c2cnc(N)cc2C(F)F)nc(N2CC3C[C@H](C2)O3)n1. The lowest BCUT2D eigenvalue weighted by atomic mass is 9.99. The summed E-state index contributed by atoms with van der Waals surface area (Å²) in [6.07, 6.45) is -0.0836. The Morgan fingerprint density at radius 3 is 2.60 bits per heavy atom. The van der Waals surface area contributed by atoms with Crippen molar-refractivity contribution in [2.75, 3.05) is 48.4 Å². The molecule has 11 heteroatoms. The van der Waals surface area contributed by atoms with Crippen LogP contribution in [0.25, 0.3) is 11.4 Å². The monoisotopic (exact) mass is 419 g/mol. The van der Waals surface area contributed by atoms with Crippen molar-refractivity contribution < 1.29 is 18.3 Å². The third kappa shape index (κ3) is 3.52. The van der Waals surface area contributed by atoms with Crippen molar-refractivity contribution in [1.82, 2.24) is 19.9 Å². The minimum atomic E-state index is -2.73. The van der Waals surface area contributed by atoms with Gasteiger partial charge in [0.2, 0.25) is 11.9 Å². The number of hydrogen-bond acceptors (Lipinski definition) is 9. The Bertz CT molecular complexity index is 931. The van der Waals surface area contributed by atoms with E-state index in [-0.39, 0.29) is 41.0 Å². The van der Waals surface area contributed by atoms with Crippen molar-refractivity contribution in [3.63, 3.8) is 0 Å². The van der Waals surface area contributed by atoms with E-state index >= 15 is 0 Å². The van der Waals surface area contributed by atoms with Gasteiger partial charge in [0, 0.05) is 43.4 Å². The Balaban J connectivity index is 1.59. The molecule has 4 fully saturated rings. The van der Waals surface area contributed by atoms with E-state index in [1.807, 2.05) is 16.7 Å². The van der Waals surface area contributed by atoms with Gasteiger partial charge in [0.05, 0.1) is 31.5 Å². The lowest BCUT2D eigenvalue weighted by molar-refractivity contribution is -0.133. The molecule has 2 aromatic rings. The molecule has 0 radical (unpaired) electrons. The van der Waals surface area contributed by atoms with Crippen molar-refractivity contribution in [1.29, 1.82) is 0 Å². The number of morpholine rings is 2. The molecule has 6 rings (SSSR count). The predicted octanol–water partition coefficient (Wildman–Crippen LogP) is 1.66. The van der Waals surface area contributed by atoms with Gasteiger partial charge in [-0.2, -0.15) is 15.0 Å². The molecule has 0 saturated carbocycles. The van der Waals surface area contributed by atoms with Gasteiger partial charge < -0.3 is 25.0 Å². The molecule has 4 saturated heterocycles. The van der Waals surface area contributed by atoms with E-state index in [0.29, 0.717) is 44.7 Å². The fourth-order valence-corrected chi connectivity index (χ4v) is 4.14. The number of anilines is 3. The number of nitrogens with zero attached hydrogens (tertiary/aromatic N) is 6. The summed E-state index contributed by atoms with van der Waals surface area (Å²) in [7, 11) is 0. The topological polar surface area (TPSA) is 103 Å². The maximum Gasteiger partial charge on any atom is 0.264 e. The zero-order valence-electron chi connectivity index (χ0n) is 16.5. The number of nitrogens with two attached hydrogens (primary N) is 1. The molecule has 160 valence electrons. The number of pyridine rings is 1. The molecule has 2 bridgehead atoms. The fraction of sp³-hybridized carbons (Fsp3) is 0.579. The number of halogens is 2. The molecule has 2 aromatic heterocycles. The van der Waals surface area contributed by atoms with Crippen LogP contribution in [0, 0.1) is 0 Å². The van der Waals surface area contributed by atoms with Crippen LogP contribution in [0.2, 0.25) is 0 Å². The minimum absolute atomic E-state index is 0.0265. The standard InChI is InChI=1S/C19H23F2N7O2/c1-10-9-29-3-2-28(10)19-25-17(14-6-23-15(22)5-13(14)16(20)21)24-18(26-19)27-7-11-4-12(8-27)30-11/h5-6,10-12,16H,2-4,7-9H2,1H3,(H2,22,23)/t10-,11-,12?/m1/s1. The molecule has 0 amide bonds. The molecular formula is C19H23F2N7O2. The quantitative estimate of drug-likeness (QED) is 0.792. The molecule has 2 N–H and O–H groups in total. The molecule has 0 aliphatic carbocycles. The summed E-state index contributed by atoms with van der Waals surface area (Å²) in [5.41, 5.74) is 5.54. The van der Waals surface area contributed by atoms with Crippen molar-refractivity contribution in [3.8, 4) is 11.4 Å². The molecule has 0 spiro atoms. The molecule has 0 aromatic carbocycles. The van der Waals surface area contributed by atoms with E-state index in [1.165, 1.54) is 12.3 Å². The number of ether oxygens (including phenoxy) is 2. The van der Waals surface area contributed by atoms with Crippen LogP contribution in [0.3, 0.4) is 0 Å². The van der Waals surface area contributed by atoms with Crippen LogP contribution in [-0.2, 0) is 9.47 Å². The number of fused-ring (bicyclic) bond motifs is 2. The van der Waals surface area contributed by atoms with Crippen LogP contribution in [0.15, 0.2) is 12.3 Å². The van der Waals surface area contributed by atoms with Gasteiger partial charge in [-0.05, 0) is 13.0 Å². The largest absolute Gasteiger partial charge is 0.384 e. The molecule has 30 heavy (non-hydrogen) atoms. The number of hydrogen-bond donors (Lipinski definition) is 1. The van der Waals surface area contributed by atoms with Gasteiger partial charge in [-0.15, -0.1) is 0 Å². The second kappa shape index (κ2) is 7.55. The predicted molar refractivity (Wildman–Crippen MR) is 106 cm³/mol. The van der Waals surface area contributed by atoms with Crippen LogP contribution in [0.5, 0.6) is 0 Å². The summed E-state index contributed by atoms with van der Waals surface area (Å²) < 4.78 is 38.7. The first-order chi connectivity index (χ1) is 14.5. The Labute approximate surface area is 172 Å². The third-order valence-corrected chi connectivity index (χ3v) is 5.71. The smallest absolute Gasteiger partial charge is 0.264 e. The molecule has 1 unspecified atom stereocenters.